The van der Waals surface area contributed by atoms with E-state index in [0.717, 1.165) is 32.4 Å². The number of hydrogen-bond acceptors (Lipinski definition) is 5. The number of rotatable bonds is 6. The van der Waals surface area contributed by atoms with Gasteiger partial charge >= 0.3 is 0 Å². The summed E-state index contributed by atoms with van der Waals surface area (Å²) in [6.07, 6.45) is 6.44. The van der Waals surface area contributed by atoms with E-state index in [-0.39, 0.29) is 5.91 Å². The van der Waals surface area contributed by atoms with Crippen molar-refractivity contribution in [1.82, 2.24) is 19.9 Å². The van der Waals surface area contributed by atoms with Crippen LogP contribution < -0.4 is 4.74 Å². The zero-order chi connectivity index (χ0) is 17.5. The average Bonchev–Trinajstić information content (AvgIpc) is 3.06. The molecule has 1 unspecified atom stereocenters. The van der Waals surface area contributed by atoms with Gasteiger partial charge in [0.2, 0.25) is 0 Å². The maximum atomic E-state index is 12.8. The number of likely N-dealkylation sites (tertiary alicyclic amines) is 1. The van der Waals surface area contributed by atoms with E-state index in [1.807, 2.05) is 34.0 Å². The highest BCUT2D eigenvalue weighted by molar-refractivity contribution is 5.94. The van der Waals surface area contributed by atoms with Crippen LogP contribution in [0.5, 0.6) is 5.75 Å². The Hall–Kier alpha value is -2.41. The average molecular weight is 344 g/mol. The first-order valence-electron chi connectivity index (χ1n) is 8.65. The summed E-state index contributed by atoms with van der Waals surface area (Å²) in [6.45, 7) is 2.47. The Labute approximate surface area is 147 Å². The molecule has 134 valence electrons. The van der Waals surface area contributed by atoms with Crippen LogP contribution in [0.1, 0.15) is 35.7 Å². The molecule has 0 saturated carbocycles. The van der Waals surface area contributed by atoms with Crippen molar-refractivity contribution in [3.05, 3.63) is 42.2 Å². The van der Waals surface area contributed by atoms with Crippen LogP contribution in [-0.2, 0) is 4.74 Å². The maximum Gasteiger partial charge on any atom is 0.253 e. The molecule has 1 aromatic heterocycles. The zero-order valence-corrected chi connectivity index (χ0v) is 14.5. The third-order valence-corrected chi connectivity index (χ3v) is 4.44. The Bertz CT molecular complexity index is 675. The van der Waals surface area contributed by atoms with Crippen molar-refractivity contribution in [2.24, 2.45) is 0 Å². The van der Waals surface area contributed by atoms with E-state index in [2.05, 4.69) is 10.3 Å². The minimum absolute atomic E-state index is 0.0523. The summed E-state index contributed by atoms with van der Waals surface area (Å²) in [5.41, 5.74) is 0.661. The molecule has 1 saturated heterocycles. The van der Waals surface area contributed by atoms with Crippen LogP contribution >= 0.6 is 0 Å². The molecule has 0 N–H and O–H groups in total. The fourth-order valence-electron chi connectivity index (χ4n) is 3.10. The SMILES string of the molecule is COCCOc1cccc(C(=O)N2CCCC(n3ccnn3)CC2)c1. The van der Waals surface area contributed by atoms with E-state index in [1.165, 1.54) is 0 Å². The smallest absolute Gasteiger partial charge is 0.253 e. The predicted molar refractivity (Wildman–Crippen MR) is 92.6 cm³/mol. The summed E-state index contributed by atoms with van der Waals surface area (Å²) in [5.74, 6) is 0.745. The highest BCUT2D eigenvalue weighted by Gasteiger charge is 2.23. The van der Waals surface area contributed by atoms with Crippen LogP contribution in [0.4, 0.5) is 0 Å². The molecular formula is C18H24N4O3. The number of aromatic nitrogens is 3. The van der Waals surface area contributed by atoms with Crippen molar-refractivity contribution in [2.75, 3.05) is 33.4 Å². The minimum Gasteiger partial charge on any atom is -0.491 e. The summed E-state index contributed by atoms with van der Waals surface area (Å²) in [4.78, 5) is 14.8. The third-order valence-electron chi connectivity index (χ3n) is 4.44. The molecule has 0 spiro atoms. The number of hydrogen-bond donors (Lipinski definition) is 0. The molecule has 1 amide bonds. The van der Waals surface area contributed by atoms with Gasteiger partial charge in [-0.05, 0) is 37.5 Å². The Kier molecular flexibility index (Phi) is 6.00. The molecule has 1 aliphatic heterocycles. The minimum atomic E-state index is 0.0523. The van der Waals surface area contributed by atoms with Crippen molar-refractivity contribution < 1.29 is 14.3 Å². The summed E-state index contributed by atoms with van der Waals surface area (Å²) in [6, 6.07) is 7.66. The summed E-state index contributed by atoms with van der Waals surface area (Å²) < 4.78 is 12.5. The van der Waals surface area contributed by atoms with Crippen LogP contribution in [0.3, 0.4) is 0 Å². The largest absolute Gasteiger partial charge is 0.491 e. The molecule has 3 rings (SSSR count). The standard InChI is InChI=1S/C18H24N4O3/c1-24-12-13-25-17-6-2-4-15(14-17)18(23)21-9-3-5-16(7-10-21)22-11-8-19-20-22/h2,4,6,8,11,14,16H,3,5,7,9-10,12-13H2,1H3. The van der Waals surface area contributed by atoms with Gasteiger partial charge in [0.25, 0.3) is 5.91 Å². The monoisotopic (exact) mass is 344 g/mol. The number of nitrogens with zero attached hydrogens (tertiary/aromatic N) is 4. The summed E-state index contributed by atoms with van der Waals surface area (Å²) >= 11 is 0. The lowest BCUT2D eigenvalue weighted by Crippen LogP contribution is -2.32. The van der Waals surface area contributed by atoms with Gasteiger partial charge in [-0.1, -0.05) is 11.3 Å². The first-order chi connectivity index (χ1) is 12.3. The highest BCUT2D eigenvalue weighted by atomic mass is 16.5. The van der Waals surface area contributed by atoms with E-state index in [1.54, 1.807) is 19.4 Å². The van der Waals surface area contributed by atoms with Gasteiger partial charge in [-0.15, -0.1) is 5.10 Å². The fourth-order valence-corrected chi connectivity index (χ4v) is 3.10. The lowest BCUT2D eigenvalue weighted by atomic mass is 10.1. The van der Waals surface area contributed by atoms with E-state index in [0.29, 0.717) is 30.6 Å². The van der Waals surface area contributed by atoms with Gasteiger partial charge in [0.1, 0.15) is 12.4 Å². The zero-order valence-electron chi connectivity index (χ0n) is 14.5. The van der Waals surface area contributed by atoms with Gasteiger partial charge in [-0.3, -0.25) is 4.79 Å². The Morgan fingerprint density at radius 1 is 1.28 bits per heavy atom. The molecule has 0 aliphatic carbocycles. The van der Waals surface area contributed by atoms with Gasteiger partial charge < -0.3 is 14.4 Å². The second kappa shape index (κ2) is 8.62. The molecular weight excluding hydrogens is 320 g/mol. The number of methoxy groups -OCH3 is 1. The maximum absolute atomic E-state index is 12.8. The third kappa shape index (κ3) is 4.57. The van der Waals surface area contributed by atoms with E-state index < -0.39 is 0 Å². The van der Waals surface area contributed by atoms with Gasteiger partial charge in [0, 0.05) is 32.0 Å². The molecule has 1 fully saturated rings. The normalized spacial score (nSPS) is 18.0. The number of amides is 1. The molecule has 25 heavy (non-hydrogen) atoms. The van der Waals surface area contributed by atoms with E-state index >= 15 is 0 Å². The van der Waals surface area contributed by atoms with Crippen LogP contribution in [0, 0.1) is 0 Å². The molecule has 7 nitrogen and oxygen atoms in total. The van der Waals surface area contributed by atoms with Crippen molar-refractivity contribution in [3.8, 4) is 5.75 Å². The first kappa shape index (κ1) is 17.4. The molecule has 0 bridgehead atoms. The van der Waals surface area contributed by atoms with Gasteiger partial charge in [-0.25, -0.2) is 4.68 Å². The highest BCUT2D eigenvalue weighted by Crippen LogP contribution is 2.23. The Balaban J connectivity index is 1.61. The first-order valence-corrected chi connectivity index (χ1v) is 8.65. The van der Waals surface area contributed by atoms with Crippen LogP contribution in [0.25, 0.3) is 0 Å². The number of ether oxygens (including phenoxy) is 2. The predicted octanol–water partition coefficient (Wildman–Crippen LogP) is 2.17. The van der Waals surface area contributed by atoms with Crippen molar-refractivity contribution in [1.29, 1.82) is 0 Å². The Morgan fingerprint density at radius 2 is 2.20 bits per heavy atom. The van der Waals surface area contributed by atoms with Crippen molar-refractivity contribution in [3.63, 3.8) is 0 Å². The van der Waals surface area contributed by atoms with Crippen LogP contribution in [0.15, 0.2) is 36.7 Å². The van der Waals surface area contributed by atoms with Gasteiger partial charge in [-0.2, -0.15) is 0 Å². The topological polar surface area (TPSA) is 69.5 Å². The molecule has 1 aliphatic rings. The molecule has 1 atom stereocenters. The number of carbonyl (C=O) groups excluding carboxylic acids is 1. The quantitative estimate of drug-likeness (QED) is 0.751. The molecule has 1 aromatic carbocycles. The number of benzene rings is 1. The summed E-state index contributed by atoms with van der Waals surface area (Å²) in [7, 11) is 1.63. The lowest BCUT2D eigenvalue weighted by molar-refractivity contribution is 0.0759. The van der Waals surface area contributed by atoms with E-state index in [4.69, 9.17) is 9.47 Å². The molecule has 2 heterocycles. The number of carbonyl (C=O) groups is 1. The molecule has 7 heteroatoms. The van der Waals surface area contributed by atoms with E-state index in [9.17, 15) is 4.79 Å². The molecule has 2 aromatic rings. The van der Waals surface area contributed by atoms with Gasteiger partial charge in [0.15, 0.2) is 0 Å². The second-order valence-electron chi connectivity index (χ2n) is 6.13. The Morgan fingerprint density at radius 3 is 3.00 bits per heavy atom. The summed E-state index contributed by atoms with van der Waals surface area (Å²) in [5, 5.41) is 7.97. The second-order valence-corrected chi connectivity index (χ2v) is 6.13. The van der Waals surface area contributed by atoms with Crippen LogP contribution in [-0.4, -0.2) is 59.2 Å². The lowest BCUT2D eigenvalue weighted by Gasteiger charge is -2.21. The van der Waals surface area contributed by atoms with Crippen LogP contribution in [0.2, 0.25) is 0 Å². The fraction of sp³-hybridized carbons (Fsp3) is 0.500. The van der Waals surface area contributed by atoms with Crippen molar-refractivity contribution in [2.45, 2.75) is 25.3 Å². The van der Waals surface area contributed by atoms with Gasteiger partial charge in [0.05, 0.1) is 18.8 Å². The van der Waals surface area contributed by atoms with Crippen molar-refractivity contribution >= 4 is 5.91 Å². The molecule has 0 radical (unpaired) electrons.